The molecule has 0 unspecified atom stereocenters. The third kappa shape index (κ3) is 2.18. The van der Waals surface area contributed by atoms with Crippen molar-refractivity contribution in [3.8, 4) is 0 Å². The zero-order valence-corrected chi connectivity index (χ0v) is 10.2. The highest BCUT2D eigenvalue weighted by molar-refractivity contribution is 5.20. The number of hydrogen-bond acceptors (Lipinski definition) is 2. The van der Waals surface area contributed by atoms with E-state index in [0.717, 1.165) is 10.1 Å². The predicted molar refractivity (Wildman–Crippen MR) is 71.6 cm³/mol. The van der Waals surface area contributed by atoms with Gasteiger partial charge < -0.3 is 0 Å². The fourth-order valence-corrected chi connectivity index (χ4v) is 1.81. The summed E-state index contributed by atoms with van der Waals surface area (Å²) < 4.78 is 2.53. The Labute approximate surface area is 104 Å². The van der Waals surface area contributed by atoms with Crippen LogP contribution in [0, 0.1) is 6.92 Å². The number of benzene rings is 1. The number of rotatable bonds is 3. The fraction of sp³-hybridized carbons (Fsp3) is 0.143. The zero-order chi connectivity index (χ0) is 13.1. The standard InChI is InChI=1S/C14H14N2O2/c1-3-16-13(17)11(2)9-15(14(16)18)10-12-7-5-4-6-8-12/h3-9H,1,10H2,2H3. The van der Waals surface area contributed by atoms with Gasteiger partial charge in [0, 0.05) is 18.0 Å². The van der Waals surface area contributed by atoms with Crippen molar-refractivity contribution >= 4 is 6.20 Å². The molecular weight excluding hydrogens is 228 g/mol. The second kappa shape index (κ2) is 4.87. The summed E-state index contributed by atoms with van der Waals surface area (Å²) in [5.74, 6) is 0. The Kier molecular flexibility index (Phi) is 3.28. The number of nitrogens with zero attached hydrogens (tertiary/aromatic N) is 2. The van der Waals surface area contributed by atoms with Gasteiger partial charge >= 0.3 is 5.69 Å². The predicted octanol–water partition coefficient (Wildman–Crippen LogP) is 1.47. The van der Waals surface area contributed by atoms with Crippen LogP contribution in [0.1, 0.15) is 11.1 Å². The maximum absolute atomic E-state index is 12.0. The minimum Gasteiger partial charge on any atom is -0.295 e. The summed E-state index contributed by atoms with van der Waals surface area (Å²) in [5, 5.41) is 0. The summed E-state index contributed by atoms with van der Waals surface area (Å²) in [6.45, 7) is 5.61. The first-order chi connectivity index (χ1) is 8.63. The molecule has 0 bridgehead atoms. The van der Waals surface area contributed by atoms with Crippen LogP contribution in [-0.4, -0.2) is 9.13 Å². The highest BCUT2D eigenvalue weighted by Crippen LogP contribution is 2.00. The number of aryl methyl sites for hydroxylation is 1. The van der Waals surface area contributed by atoms with Gasteiger partial charge in [-0.25, -0.2) is 9.36 Å². The van der Waals surface area contributed by atoms with Gasteiger partial charge in [0.15, 0.2) is 0 Å². The van der Waals surface area contributed by atoms with E-state index in [1.165, 1.54) is 10.8 Å². The molecule has 0 spiro atoms. The van der Waals surface area contributed by atoms with Crippen LogP contribution in [0.2, 0.25) is 0 Å². The summed E-state index contributed by atoms with van der Waals surface area (Å²) in [7, 11) is 0. The quantitative estimate of drug-likeness (QED) is 0.818. The van der Waals surface area contributed by atoms with E-state index in [1.54, 1.807) is 13.1 Å². The molecule has 0 atom stereocenters. The summed E-state index contributed by atoms with van der Waals surface area (Å²) >= 11 is 0. The van der Waals surface area contributed by atoms with E-state index in [9.17, 15) is 9.59 Å². The summed E-state index contributed by atoms with van der Waals surface area (Å²) in [4.78, 5) is 23.7. The van der Waals surface area contributed by atoms with Gasteiger partial charge in [-0.2, -0.15) is 0 Å². The Morgan fingerprint density at radius 3 is 2.50 bits per heavy atom. The zero-order valence-electron chi connectivity index (χ0n) is 10.2. The molecule has 0 aliphatic rings. The second-order valence-corrected chi connectivity index (χ2v) is 4.07. The van der Waals surface area contributed by atoms with Crippen LogP contribution in [-0.2, 0) is 6.54 Å². The molecule has 0 radical (unpaired) electrons. The maximum atomic E-state index is 12.0. The minimum atomic E-state index is -0.371. The topological polar surface area (TPSA) is 44.0 Å². The van der Waals surface area contributed by atoms with Crippen LogP contribution in [0.15, 0.2) is 52.7 Å². The van der Waals surface area contributed by atoms with Crippen LogP contribution in [0.4, 0.5) is 0 Å². The molecule has 1 aromatic carbocycles. The maximum Gasteiger partial charge on any atom is 0.335 e. The molecule has 2 rings (SSSR count). The number of hydrogen-bond donors (Lipinski definition) is 0. The van der Waals surface area contributed by atoms with Crippen LogP contribution in [0.3, 0.4) is 0 Å². The van der Waals surface area contributed by atoms with E-state index < -0.39 is 0 Å². The van der Waals surface area contributed by atoms with Gasteiger partial charge in [0.2, 0.25) is 0 Å². The van der Waals surface area contributed by atoms with Gasteiger partial charge in [-0.05, 0) is 12.5 Å². The summed E-state index contributed by atoms with van der Waals surface area (Å²) in [6, 6.07) is 9.62. The molecule has 2 aromatic rings. The highest BCUT2D eigenvalue weighted by atomic mass is 16.2. The Bertz CT molecular complexity index is 681. The third-order valence-corrected chi connectivity index (χ3v) is 2.74. The van der Waals surface area contributed by atoms with Crippen molar-refractivity contribution in [1.29, 1.82) is 0 Å². The smallest absolute Gasteiger partial charge is 0.295 e. The Hall–Kier alpha value is -2.36. The molecule has 4 heteroatoms. The first-order valence-electron chi connectivity index (χ1n) is 5.62. The van der Waals surface area contributed by atoms with Crippen molar-refractivity contribution in [2.45, 2.75) is 13.5 Å². The summed E-state index contributed by atoms with van der Waals surface area (Å²) in [6.07, 6.45) is 2.83. The molecular formula is C14H14N2O2. The molecule has 0 aliphatic heterocycles. The third-order valence-electron chi connectivity index (χ3n) is 2.74. The van der Waals surface area contributed by atoms with Crippen molar-refractivity contribution < 1.29 is 0 Å². The van der Waals surface area contributed by atoms with Gasteiger partial charge in [-0.15, -0.1) is 0 Å². The highest BCUT2D eigenvalue weighted by Gasteiger charge is 2.06. The Balaban J connectivity index is 2.53. The fourth-order valence-electron chi connectivity index (χ4n) is 1.81. The monoisotopic (exact) mass is 242 g/mol. The van der Waals surface area contributed by atoms with Crippen LogP contribution in [0.25, 0.3) is 6.20 Å². The SMILES string of the molecule is C=Cn1c(=O)c(C)cn(Cc2ccccc2)c1=O. The lowest BCUT2D eigenvalue weighted by atomic mass is 10.2. The van der Waals surface area contributed by atoms with Gasteiger partial charge in [0.05, 0.1) is 6.54 Å². The molecule has 0 N–H and O–H groups in total. The van der Waals surface area contributed by atoms with E-state index in [-0.39, 0.29) is 11.2 Å². The van der Waals surface area contributed by atoms with E-state index in [1.807, 2.05) is 30.3 Å². The molecule has 0 fully saturated rings. The molecule has 0 amide bonds. The minimum absolute atomic E-state index is 0.320. The first kappa shape index (κ1) is 12.1. The summed E-state index contributed by atoms with van der Waals surface area (Å²) in [5.41, 5.74) is 0.836. The Morgan fingerprint density at radius 2 is 1.89 bits per heavy atom. The molecule has 18 heavy (non-hydrogen) atoms. The molecule has 0 saturated carbocycles. The average molecular weight is 242 g/mol. The van der Waals surface area contributed by atoms with E-state index in [4.69, 9.17) is 0 Å². The average Bonchev–Trinajstić information content (AvgIpc) is 2.38. The normalized spacial score (nSPS) is 10.3. The van der Waals surface area contributed by atoms with Crippen molar-refractivity contribution in [1.82, 2.24) is 9.13 Å². The van der Waals surface area contributed by atoms with Gasteiger partial charge in [0.25, 0.3) is 5.56 Å². The van der Waals surface area contributed by atoms with Crippen molar-refractivity contribution in [3.05, 3.63) is 75.1 Å². The Morgan fingerprint density at radius 1 is 1.22 bits per heavy atom. The van der Waals surface area contributed by atoms with Crippen LogP contribution >= 0.6 is 0 Å². The first-order valence-corrected chi connectivity index (χ1v) is 5.62. The van der Waals surface area contributed by atoms with Gasteiger partial charge in [-0.3, -0.25) is 9.36 Å². The lowest BCUT2D eigenvalue weighted by molar-refractivity contribution is 0.686. The second-order valence-electron chi connectivity index (χ2n) is 4.07. The molecule has 4 nitrogen and oxygen atoms in total. The number of aromatic nitrogens is 2. The molecule has 0 saturated heterocycles. The van der Waals surface area contributed by atoms with E-state index in [2.05, 4.69) is 6.58 Å². The lowest BCUT2D eigenvalue weighted by Crippen LogP contribution is -2.38. The molecule has 1 heterocycles. The van der Waals surface area contributed by atoms with Crippen molar-refractivity contribution in [2.75, 3.05) is 0 Å². The van der Waals surface area contributed by atoms with Crippen LogP contribution < -0.4 is 11.2 Å². The van der Waals surface area contributed by atoms with Gasteiger partial charge in [-0.1, -0.05) is 36.9 Å². The molecule has 0 aliphatic carbocycles. The lowest BCUT2D eigenvalue weighted by Gasteiger charge is -2.09. The largest absolute Gasteiger partial charge is 0.335 e. The molecule has 1 aromatic heterocycles. The van der Waals surface area contributed by atoms with E-state index in [0.29, 0.717) is 12.1 Å². The van der Waals surface area contributed by atoms with Crippen LogP contribution in [0.5, 0.6) is 0 Å². The van der Waals surface area contributed by atoms with Crippen molar-refractivity contribution in [2.24, 2.45) is 0 Å². The van der Waals surface area contributed by atoms with Crippen molar-refractivity contribution in [3.63, 3.8) is 0 Å². The van der Waals surface area contributed by atoms with E-state index >= 15 is 0 Å². The van der Waals surface area contributed by atoms with Gasteiger partial charge in [0.1, 0.15) is 0 Å². The molecule has 92 valence electrons.